The van der Waals surface area contributed by atoms with Crippen LogP contribution in [0, 0.1) is 5.82 Å². The van der Waals surface area contributed by atoms with Crippen LogP contribution in [0.25, 0.3) is 0 Å². The van der Waals surface area contributed by atoms with Crippen molar-refractivity contribution in [3.63, 3.8) is 0 Å². The molecule has 170 valence electrons. The van der Waals surface area contributed by atoms with Crippen LogP contribution in [0.5, 0.6) is 5.75 Å². The van der Waals surface area contributed by atoms with Gasteiger partial charge in [-0.05, 0) is 60.7 Å². The van der Waals surface area contributed by atoms with Crippen molar-refractivity contribution in [3.05, 3.63) is 83.4 Å². The summed E-state index contributed by atoms with van der Waals surface area (Å²) in [7, 11) is 1.55. The maximum atomic E-state index is 13.4. The number of aromatic nitrogens is 1. The first-order chi connectivity index (χ1) is 15.9. The molecule has 0 unspecified atom stereocenters. The molecule has 0 bridgehead atoms. The van der Waals surface area contributed by atoms with Gasteiger partial charge in [-0.15, -0.1) is 0 Å². The predicted octanol–water partition coefficient (Wildman–Crippen LogP) is 4.59. The number of nitrogens with zero attached hydrogens (tertiary/aromatic N) is 2. The SMILES string of the molecule is COc1ccc([C@@H]2CN(c3ccc(F)cc3)C(=O)C[C@H]2NC(=O)Nc2ccc(Cl)cc2)nc1. The smallest absolute Gasteiger partial charge is 0.319 e. The summed E-state index contributed by atoms with van der Waals surface area (Å²) in [5.74, 6) is -0.251. The molecule has 0 saturated carbocycles. The van der Waals surface area contributed by atoms with E-state index < -0.39 is 12.1 Å². The minimum Gasteiger partial charge on any atom is -0.495 e. The predicted molar refractivity (Wildman–Crippen MR) is 124 cm³/mol. The number of rotatable bonds is 5. The summed E-state index contributed by atoms with van der Waals surface area (Å²) in [6.45, 7) is 0.273. The fourth-order valence-corrected chi connectivity index (χ4v) is 3.91. The third-order valence-electron chi connectivity index (χ3n) is 5.49. The zero-order chi connectivity index (χ0) is 23.4. The Balaban J connectivity index is 1.56. The summed E-state index contributed by atoms with van der Waals surface area (Å²) in [6.07, 6.45) is 1.66. The Morgan fingerprint density at radius 3 is 2.48 bits per heavy atom. The fraction of sp³-hybridized carbons (Fsp3) is 0.208. The number of carbonyl (C=O) groups is 2. The zero-order valence-corrected chi connectivity index (χ0v) is 18.6. The van der Waals surface area contributed by atoms with Crippen LogP contribution in [-0.2, 0) is 4.79 Å². The first kappa shape index (κ1) is 22.5. The van der Waals surface area contributed by atoms with Gasteiger partial charge in [-0.25, -0.2) is 9.18 Å². The molecule has 2 aromatic carbocycles. The molecule has 1 aromatic heterocycles. The Labute approximate surface area is 195 Å². The number of urea groups is 1. The second kappa shape index (κ2) is 9.87. The number of benzene rings is 2. The lowest BCUT2D eigenvalue weighted by Gasteiger charge is -2.38. The molecule has 2 N–H and O–H groups in total. The number of anilines is 2. The van der Waals surface area contributed by atoms with Gasteiger partial charge in [0.05, 0.1) is 13.3 Å². The highest BCUT2D eigenvalue weighted by atomic mass is 35.5. The summed E-state index contributed by atoms with van der Waals surface area (Å²) in [6, 6.07) is 15.1. The third-order valence-corrected chi connectivity index (χ3v) is 5.74. The Morgan fingerprint density at radius 1 is 1.12 bits per heavy atom. The van der Waals surface area contributed by atoms with Gasteiger partial charge in [-0.1, -0.05) is 11.6 Å². The molecule has 0 aliphatic carbocycles. The molecule has 9 heteroatoms. The van der Waals surface area contributed by atoms with Crippen LogP contribution in [-0.4, -0.2) is 36.6 Å². The van der Waals surface area contributed by atoms with Gasteiger partial charge in [0.25, 0.3) is 0 Å². The van der Waals surface area contributed by atoms with Gasteiger partial charge in [0.2, 0.25) is 5.91 Å². The molecule has 1 fully saturated rings. The normalized spacial score (nSPS) is 18.0. The quantitative estimate of drug-likeness (QED) is 0.573. The number of amides is 3. The number of nitrogens with one attached hydrogen (secondary N) is 2. The van der Waals surface area contributed by atoms with Gasteiger partial charge in [0, 0.05) is 47.0 Å². The number of carbonyl (C=O) groups excluding carboxylic acids is 2. The monoisotopic (exact) mass is 468 g/mol. The van der Waals surface area contributed by atoms with Gasteiger partial charge in [-0.3, -0.25) is 9.78 Å². The van der Waals surface area contributed by atoms with Crippen molar-refractivity contribution in [1.29, 1.82) is 0 Å². The number of ether oxygens (including phenoxy) is 1. The highest BCUT2D eigenvalue weighted by Crippen LogP contribution is 2.31. The van der Waals surface area contributed by atoms with E-state index in [2.05, 4.69) is 15.6 Å². The van der Waals surface area contributed by atoms with Crippen molar-refractivity contribution < 1.29 is 18.7 Å². The molecule has 33 heavy (non-hydrogen) atoms. The summed E-state index contributed by atoms with van der Waals surface area (Å²) < 4.78 is 18.6. The van der Waals surface area contributed by atoms with E-state index in [0.29, 0.717) is 27.8 Å². The first-order valence-corrected chi connectivity index (χ1v) is 10.7. The number of pyridine rings is 1. The average molecular weight is 469 g/mol. The molecule has 4 rings (SSSR count). The zero-order valence-electron chi connectivity index (χ0n) is 17.8. The van der Waals surface area contributed by atoms with E-state index >= 15 is 0 Å². The summed E-state index contributed by atoms with van der Waals surface area (Å²) in [4.78, 5) is 31.7. The lowest BCUT2D eigenvalue weighted by Crippen LogP contribution is -2.53. The van der Waals surface area contributed by atoms with Crippen molar-refractivity contribution in [2.45, 2.75) is 18.4 Å². The fourth-order valence-electron chi connectivity index (χ4n) is 3.79. The maximum absolute atomic E-state index is 13.4. The minimum absolute atomic E-state index is 0.0593. The number of hydrogen-bond donors (Lipinski definition) is 2. The molecule has 0 spiro atoms. The van der Waals surface area contributed by atoms with E-state index in [9.17, 15) is 14.0 Å². The average Bonchev–Trinajstić information content (AvgIpc) is 2.81. The molecule has 1 aliphatic heterocycles. The number of methoxy groups -OCH3 is 1. The van der Waals surface area contributed by atoms with Crippen LogP contribution in [0.15, 0.2) is 66.9 Å². The van der Waals surface area contributed by atoms with Crippen molar-refractivity contribution in [2.24, 2.45) is 0 Å². The largest absolute Gasteiger partial charge is 0.495 e. The van der Waals surface area contributed by atoms with Crippen LogP contribution in [0.1, 0.15) is 18.0 Å². The molecule has 2 atom stereocenters. The molecule has 3 aromatic rings. The Hall–Kier alpha value is -3.65. The number of piperidine rings is 1. The van der Waals surface area contributed by atoms with Crippen LogP contribution >= 0.6 is 11.6 Å². The van der Waals surface area contributed by atoms with E-state index in [4.69, 9.17) is 16.3 Å². The second-order valence-corrected chi connectivity index (χ2v) is 8.06. The van der Waals surface area contributed by atoms with Gasteiger partial charge in [-0.2, -0.15) is 0 Å². The van der Waals surface area contributed by atoms with Crippen LogP contribution in [0.4, 0.5) is 20.6 Å². The lowest BCUT2D eigenvalue weighted by atomic mass is 9.88. The standard InChI is InChI=1S/C24H22ClFN4O3/c1-33-19-10-11-21(27-13-19)20-14-30(18-8-4-16(26)5-9-18)23(31)12-22(20)29-24(32)28-17-6-2-15(25)3-7-17/h2-11,13,20,22H,12,14H2,1H3,(H2,28,29,32)/t20-,22+/m0/s1. The Bertz CT molecular complexity index is 1120. The second-order valence-electron chi connectivity index (χ2n) is 7.63. The Kier molecular flexibility index (Phi) is 6.74. The van der Waals surface area contributed by atoms with Gasteiger partial charge < -0.3 is 20.3 Å². The van der Waals surface area contributed by atoms with Gasteiger partial charge in [0.1, 0.15) is 11.6 Å². The van der Waals surface area contributed by atoms with Crippen LogP contribution in [0.2, 0.25) is 5.02 Å². The summed E-state index contributed by atoms with van der Waals surface area (Å²) >= 11 is 5.89. The van der Waals surface area contributed by atoms with E-state index in [0.717, 1.165) is 0 Å². The minimum atomic E-state index is -0.498. The molecule has 2 heterocycles. The molecular weight excluding hydrogens is 447 g/mol. The van der Waals surface area contributed by atoms with Crippen molar-refractivity contribution >= 4 is 34.9 Å². The highest BCUT2D eigenvalue weighted by Gasteiger charge is 2.37. The Morgan fingerprint density at radius 2 is 1.85 bits per heavy atom. The third kappa shape index (κ3) is 5.40. The first-order valence-electron chi connectivity index (χ1n) is 10.3. The van der Waals surface area contributed by atoms with E-state index in [1.165, 1.54) is 12.1 Å². The van der Waals surface area contributed by atoms with Crippen LogP contribution in [0.3, 0.4) is 0 Å². The topological polar surface area (TPSA) is 83.6 Å². The highest BCUT2D eigenvalue weighted by molar-refractivity contribution is 6.30. The summed E-state index contributed by atoms with van der Waals surface area (Å²) in [5.41, 5.74) is 1.86. The van der Waals surface area contributed by atoms with E-state index in [-0.39, 0.29) is 30.6 Å². The summed E-state index contributed by atoms with van der Waals surface area (Å²) in [5, 5.41) is 6.22. The van der Waals surface area contributed by atoms with Crippen LogP contribution < -0.4 is 20.3 Å². The number of hydrogen-bond acceptors (Lipinski definition) is 4. The number of halogens is 2. The van der Waals surface area contributed by atoms with Gasteiger partial charge >= 0.3 is 6.03 Å². The lowest BCUT2D eigenvalue weighted by molar-refractivity contribution is -0.120. The molecule has 1 aliphatic rings. The van der Waals surface area contributed by atoms with Crippen molar-refractivity contribution in [2.75, 3.05) is 23.9 Å². The van der Waals surface area contributed by atoms with Crippen molar-refractivity contribution in [1.82, 2.24) is 10.3 Å². The van der Waals surface area contributed by atoms with Gasteiger partial charge in [0.15, 0.2) is 0 Å². The van der Waals surface area contributed by atoms with E-state index in [1.807, 2.05) is 6.07 Å². The molecule has 1 saturated heterocycles. The van der Waals surface area contributed by atoms with E-state index in [1.54, 1.807) is 60.7 Å². The molecule has 3 amide bonds. The molecule has 0 radical (unpaired) electrons. The maximum Gasteiger partial charge on any atom is 0.319 e. The molecular formula is C24H22ClFN4O3. The van der Waals surface area contributed by atoms with Crippen molar-refractivity contribution in [3.8, 4) is 5.75 Å². The molecule has 7 nitrogen and oxygen atoms in total.